The van der Waals surface area contributed by atoms with Crippen LogP contribution in [-0.2, 0) is 9.84 Å². The molecule has 1 aromatic rings. The summed E-state index contributed by atoms with van der Waals surface area (Å²) in [6.45, 7) is 3.21. The quantitative estimate of drug-likeness (QED) is 0.556. The van der Waals surface area contributed by atoms with Crippen molar-refractivity contribution in [3.05, 3.63) is 16.9 Å². The lowest BCUT2D eigenvalue weighted by atomic mass is 10.5. The second kappa shape index (κ2) is 3.59. The van der Waals surface area contributed by atoms with Crippen LogP contribution >= 0.6 is 11.6 Å². The topological polar surface area (TPSA) is 59.9 Å². The number of nitrogens with zero attached hydrogens (tertiary/aromatic N) is 2. The summed E-state index contributed by atoms with van der Waals surface area (Å²) in [6.07, 6.45) is 0. The smallest absolute Gasteiger partial charge is 0.224 e. The molecule has 72 valence electrons. The summed E-state index contributed by atoms with van der Waals surface area (Å²) in [5.74, 6) is -0.0210. The van der Waals surface area contributed by atoms with E-state index in [4.69, 9.17) is 11.6 Å². The maximum atomic E-state index is 11.3. The number of rotatable bonds is 2. The van der Waals surface area contributed by atoms with Gasteiger partial charge < -0.3 is 0 Å². The molecule has 0 aromatic carbocycles. The summed E-state index contributed by atoms with van der Waals surface area (Å²) in [5, 5.41) is -0.0421. The standard InChI is InChI=1S/C7H9ClN2O2S/c1-3-13(11,12)7-9-5(2)4-6(8)10-7/h4H,3H2,1-2H3. The number of aromatic nitrogens is 2. The molecule has 0 N–H and O–H groups in total. The first-order chi connectivity index (χ1) is 5.95. The first kappa shape index (κ1) is 10.4. The number of halogens is 1. The fourth-order valence-electron chi connectivity index (χ4n) is 0.772. The van der Waals surface area contributed by atoms with Gasteiger partial charge in [0.1, 0.15) is 5.15 Å². The van der Waals surface area contributed by atoms with Gasteiger partial charge in [0.25, 0.3) is 0 Å². The van der Waals surface area contributed by atoms with Crippen LogP contribution < -0.4 is 0 Å². The van der Waals surface area contributed by atoms with Gasteiger partial charge in [0, 0.05) is 5.69 Å². The monoisotopic (exact) mass is 220 g/mol. The molecule has 4 nitrogen and oxygen atoms in total. The number of hydrogen-bond donors (Lipinski definition) is 0. The summed E-state index contributed by atoms with van der Waals surface area (Å²) in [6, 6.07) is 1.51. The molecular weight excluding hydrogens is 212 g/mol. The lowest BCUT2D eigenvalue weighted by Gasteiger charge is -2.00. The fraction of sp³-hybridized carbons (Fsp3) is 0.429. The van der Waals surface area contributed by atoms with Crippen LogP contribution in [0, 0.1) is 6.92 Å². The van der Waals surface area contributed by atoms with Crippen molar-refractivity contribution in [2.45, 2.75) is 19.0 Å². The Morgan fingerprint density at radius 2 is 2.08 bits per heavy atom. The van der Waals surface area contributed by atoms with E-state index < -0.39 is 9.84 Å². The van der Waals surface area contributed by atoms with Crippen molar-refractivity contribution in [3.63, 3.8) is 0 Å². The molecule has 0 aliphatic carbocycles. The Balaban J connectivity index is 3.32. The fourth-order valence-corrected chi connectivity index (χ4v) is 1.84. The van der Waals surface area contributed by atoms with Gasteiger partial charge in [-0.2, -0.15) is 0 Å². The van der Waals surface area contributed by atoms with E-state index in [1.54, 1.807) is 6.92 Å². The van der Waals surface area contributed by atoms with Gasteiger partial charge in [-0.15, -0.1) is 0 Å². The minimum Gasteiger partial charge on any atom is -0.224 e. The molecule has 0 radical (unpaired) electrons. The van der Waals surface area contributed by atoms with E-state index >= 15 is 0 Å². The highest BCUT2D eigenvalue weighted by Gasteiger charge is 2.15. The second-order valence-electron chi connectivity index (χ2n) is 2.52. The highest BCUT2D eigenvalue weighted by Crippen LogP contribution is 2.11. The van der Waals surface area contributed by atoms with Crippen LogP contribution in [0.25, 0.3) is 0 Å². The van der Waals surface area contributed by atoms with Crippen LogP contribution in [-0.4, -0.2) is 24.1 Å². The Bertz CT molecular complexity index is 396. The van der Waals surface area contributed by atoms with E-state index in [1.807, 2.05) is 0 Å². The Morgan fingerprint density at radius 1 is 1.46 bits per heavy atom. The predicted molar refractivity (Wildman–Crippen MR) is 49.5 cm³/mol. The molecule has 0 aliphatic rings. The minimum atomic E-state index is -3.35. The van der Waals surface area contributed by atoms with Gasteiger partial charge in [-0.05, 0) is 13.0 Å². The van der Waals surface area contributed by atoms with Crippen LogP contribution in [0.5, 0.6) is 0 Å². The third-order valence-electron chi connectivity index (χ3n) is 1.46. The summed E-state index contributed by atoms with van der Waals surface area (Å²) < 4.78 is 22.6. The van der Waals surface area contributed by atoms with E-state index in [1.165, 1.54) is 13.0 Å². The predicted octanol–water partition coefficient (Wildman–Crippen LogP) is 1.23. The molecule has 0 atom stereocenters. The van der Waals surface area contributed by atoms with E-state index in [2.05, 4.69) is 9.97 Å². The Morgan fingerprint density at radius 3 is 2.54 bits per heavy atom. The van der Waals surface area contributed by atoms with Crippen molar-refractivity contribution in [1.29, 1.82) is 0 Å². The average molecular weight is 221 g/mol. The zero-order valence-corrected chi connectivity index (χ0v) is 8.85. The molecule has 0 amide bonds. The van der Waals surface area contributed by atoms with E-state index in [0.29, 0.717) is 5.69 Å². The lowest BCUT2D eigenvalue weighted by molar-refractivity contribution is 0.587. The zero-order chi connectivity index (χ0) is 10.1. The molecule has 13 heavy (non-hydrogen) atoms. The van der Waals surface area contributed by atoms with Crippen LogP contribution in [0.4, 0.5) is 0 Å². The highest BCUT2D eigenvalue weighted by atomic mass is 35.5. The molecule has 0 saturated heterocycles. The molecule has 1 heterocycles. The Labute approximate surface area is 81.9 Å². The average Bonchev–Trinajstić information content (AvgIpc) is 2.02. The summed E-state index contributed by atoms with van der Waals surface area (Å²) in [4.78, 5) is 7.44. The molecule has 0 bridgehead atoms. The zero-order valence-electron chi connectivity index (χ0n) is 7.28. The number of hydrogen-bond acceptors (Lipinski definition) is 4. The normalized spacial score (nSPS) is 11.6. The van der Waals surface area contributed by atoms with Crippen LogP contribution in [0.15, 0.2) is 11.2 Å². The Hall–Kier alpha value is -0.680. The minimum absolute atomic E-state index is 0.0210. The lowest BCUT2D eigenvalue weighted by Crippen LogP contribution is -2.09. The molecule has 0 saturated carbocycles. The van der Waals surface area contributed by atoms with Gasteiger partial charge in [-0.1, -0.05) is 18.5 Å². The maximum Gasteiger partial charge on any atom is 0.248 e. The first-order valence-electron chi connectivity index (χ1n) is 3.69. The highest BCUT2D eigenvalue weighted by molar-refractivity contribution is 7.91. The summed E-state index contributed by atoms with van der Waals surface area (Å²) >= 11 is 5.60. The van der Waals surface area contributed by atoms with Crippen LogP contribution in [0.3, 0.4) is 0 Å². The molecule has 0 aliphatic heterocycles. The van der Waals surface area contributed by atoms with Crippen molar-refractivity contribution >= 4 is 21.4 Å². The van der Waals surface area contributed by atoms with Gasteiger partial charge in [0.15, 0.2) is 0 Å². The molecule has 1 rings (SSSR count). The maximum absolute atomic E-state index is 11.3. The SMILES string of the molecule is CCS(=O)(=O)c1nc(C)cc(Cl)n1. The van der Waals surface area contributed by atoms with Crippen molar-refractivity contribution in [3.8, 4) is 0 Å². The third-order valence-corrected chi connectivity index (χ3v) is 3.15. The van der Waals surface area contributed by atoms with Gasteiger partial charge in [-0.3, -0.25) is 0 Å². The van der Waals surface area contributed by atoms with Crippen molar-refractivity contribution in [2.24, 2.45) is 0 Å². The van der Waals surface area contributed by atoms with Gasteiger partial charge in [-0.25, -0.2) is 18.4 Å². The van der Waals surface area contributed by atoms with E-state index in [-0.39, 0.29) is 16.1 Å². The van der Waals surface area contributed by atoms with E-state index in [9.17, 15) is 8.42 Å². The largest absolute Gasteiger partial charge is 0.248 e. The number of sulfone groups is 1. The third kappa shape index (κ3) is 2.38. The van der Waals surface area contributed by atoms with Gasteiger partial charge in [0.05, 0.1) is 5.75 Å². The van der Waals surface area contributed by atoms with Crippen molar-refractivity contribution in [1.82, 2.24) is 9.97 Å². The number of aryl methyl sites for hydroxylation is 1. The summed E-state index contributed by atoms with van der Waals surface area (Å²) in [5.41, 5.74) is 0.548. The molecular formula is C7H9ClN2O2S. The molecule has 0 unspecified atom stereocenters. The molecule has 0 spiro atoms. The first-order valence-corrected chi connectivity index (χ1v) is 5.72. The van der Waals surface area contributed by atoms with Gasteiger partial charge >= 0.3 is 0 Å². The summed E-state index contributed by atoms with van der Waals surface area (Å²) in [7, 11) is -3.35. The van der Waals surface area contributed by atoms with E-state index in [0.717, 1.165) is 0 Å². The second-order valence-corrected chi connectivity index (χ2v) is 5.08. The molecule has 6 heteroatoms. The van der Waals surface area contributed by atoms with Crippen LogP contribution in [0.2, 0.25) is 5.15 Å². The molecule has 0 fully saturated rings. The van der Waals surface area contributed by atoms with Crippen LogP contribution in [0.1, 0.15) is 12.6 Å². The Kier molecular flexibility index (Phi) is 2.87. The van der Waals surface area contributed by atoms with Crippen molar-refractivity contribution < 1.29 is 8.42 Å². The van der Waals surface area contributed by atoms with Crippen molar-refractivity contribution in [2.75, 3.05) is 5.75 Å². The van der Waals surface area contributed by atoms with Gasteiger partial charge in [0.2, 0.25) is 15.0 Å². The molecule has 1 aromatic heterocycles.